The van der Waals surface area contributed by atoms with E-state index in [4.69, 9.17) is 26.8 Å². The van der Waals surface area contributed by atoms with Crippen LogP contribution in [-0.2, 0) is 6.54 Å². The van der Waals surface area contributed by atoms with Crippen LogP contribution < -0.4 is 20.1 Å². The van der Waals surface area contributed by atoms with E-state index < -0.39 is 0 Å². The summed E-state index contributed by atoms with van der Waals surface area (Å²) in [6.07, 6.45) is 5.85. The number of pyridine rings is 1. The van der Waals surface area contributed by atoms with Gasteiger partial charge >= 0.3 is 0 Å². The van der Waals surface area contributed by atoms with Crippen LogP contribution in [-0.4, -0.2) is 41.5 Å². The molecule has 3 heterocycles. The molecule has 28 heavy (non-hydrogen) atoms. The highest BCUT2D eigenvalue weighted by Gasteiger charge is 2.34. The number of nitrogen functional groups attached to an aromatic ring is 1. The number of ether oxygens (including phenoxy) is 2. The van der Waals surface area contributed by atoms with Crippen molar-refractivity contribution in [3.8, 4) is 11.5 Å². The largest absolute Gasteiger partial charge is 0.493 e. The first-order valence-electron chi connectivity index (χ1n) is 8.90. The predicted molar refractivity (Wildman–Crippen MR) is 105 cm³/mol. The summed E-state index contributed by atoms with van der Waals surface area (Å²) < 4.78 is 10.6. The minimum absolute atomic E-state index is 0.0245. The Morgan fingerprint density at radius 2 is 2.04 bits per heavy atom. The number of hydrogen-bond donors (Lipinski definition) is 1. The van der Waals surface area contributed by atoms with E-state index >= 15 is 0 Å². The maximum absolute atomic E-state index is 12.9. The average molecular weight is 402 g/mol. The number of carbonyl (C=O) groups excluding carboxylic acids is 1. The average Bonchev–Trinajstić information content (AvgIpc) is 3.49. The quantitative estimate of drug-likeness (QED) is 0.602. The van der Waals surface area contributed by atoms with Gasteiger partial charge in [-0.2, -0.15) is 4.98 Å². The topological polar surface area (TPSA) is 103 Å². The lowest BCUT2D eigenvalue weighted by Crippen LogP contribution is -2.35. The Morgan fingerprint density at radius 1 is 1.29 bits per heavy atom. The predicted octanol–water partition coefficient (Wildman–Crippen LogP) is 2.66. The molecular weight excluding hydrogens is 382 g/mol. The summed E-state index contributed by atoms with van der Waals surface area (Å²) in [6, 6.07) is 1.80. The number of aromatic nitrogens is 3. The van der Waals surface area contributed by atoms with Gasteiger partial charge in [0, 0.05) is 18.2 Å². The fraction of sp³-hybridized carbons (Fsp3) is 0.368. The molecule has 8 nitrogen and oxygen atoms in total. The van der Waals surface area contributed by atoms with Crippen molar-refractivity contribution in [1.82, 2.24) is 15.0 Å². The SMILES string of the molecule is COc1cnc(CN2C/C(=C\C3CC3)C(=O)c3c(Cl)nc(N)nc32)cc1OC. The Morgan fingerprint density at radius 3 is 2.71 bits per heavy atom. The highest BCUT2D eigenvalue weighted by Crippen LogP contribution is 2.37. The molecule has 2 aliphatic rings. The van der Waals surface area contributed by atoms with Gasteiger partial charge in [-0.3, -0.25) is 9.78 Å². The molecule has 2 aromatic heterocycles. The van der Waals surface area contributed by atoms with Crippen molar-refractivity contribution in [3.63, 3.8) is 0 Å². The fourth-order valence-electron chi connectivity index (χ4n) is 3.24. The standard InChI is InChI=1S/C19H20ClN5O3/c1-27-13-6-12(22-7-14(13)28-2)9-25-8-11(5-10-3-4-10)16(26)15-17(20)23-19(21)24-18(15)25/h5-7,10H,3-4,8-9H2,1-2H3,(H2,21,23,24)/b11-5+. The summed E-state index contributed by atoms with van der Waals surface area (Å²) in [5.41, 5.74) is 7.50. The van der Waals surface area contributed by atoms with E-state index in [2.05, 4.69) is 15.0 Å². The maximum Gasteiger partial charge on any atom is 0.223 e. The molecule has 1 saturated carbocycles. The van der Waals surface area contributed by atoms with E-state index in [0.29, 0.717) is 41.9 Å². The number of ketones is 1. The number of Topliss-reactive ketones (excluding diaryl/α,β-unsaturated/α-hetero) is 1. The van der Waals surface area contributed by atoms with E-state index in [0.717, 1.165) is 18.5 Å². The number of carbonyl (C=O) groups is 1. The van der Waals surface area contributed by atoms with Crippen molar-refractivity contribution in [1.29, 1.82) is 0 Å². The van der Waals surface area contributed by atoms with E-state index in [1.807, 2.05) is 11.0 Å². The molecule has 0 aromatic carbocycles. The molecule has 0 radical (unpaired) electrons. The van der Waals surface area contributed by atoms with Crippen molar-refractivity contribution in [2.24, 2.45) is 5.92 Å². The molecule has 4 rings (SSSR count). The van der Waals surface area contributed by atoms with Crippen LogP contribution in [0.5, 0.6) is 11.5 Å². The second kappa shape index (κ2) is 7.27. The lowest BCUT2D eigenvalue weighted by atomic mass is 9.98. The van der Waals surface area contributed by atoms with Crippen molar-refractivity contribution in [2.75, 3.05) is 31.4 Å². The smallest absolute Gasteiger partial charge is 0.223 e. The molecular formula is C19H20ClN5O3. The first-order chi connectivity index (χ1) is 13.5. The maximum atomic E-state index is 12.9. The molecule has 1 aliphatic heterocycles. The van der Waals surface area contributed by atoms with Crippen LogP contribution in [0.25, 0.3) is 0 Å². The van der Waals surface area contributed by atoms with Gasteiger partial charge in [-0.25, -0.2) is 4.98 Å². The number of methoxy groups -OCH3 is 2. The lowest BCUT2D eigenvalue weighted by molar-refractivity contribution is 0.102. The first kappa shape index (κ1) is 18.5. The van der Waals surface area contributed by atoms with Gasteiger partial charge in [-0.15, -0.1) is 0 Å². The molecule has 0 bridgehead atoms. The number of anilines is 2. The van der Waals surface area contributed by atoms with E-state index in [-0.39, 0.29) is 22.4 Å². The van der Waals surface area contributed by atoms with Gasteiger partial charge in [0.2, 0.25) is 5.95 Å². The molecule has 0 amide bonds. The second-order valence-corrected chi connectivity index (χ2v) is 7.17. The summed E-state index contributed by atoms with van der Waals surface area (Å²) in [7, 11) is 3.13. The van der Waals surface area contributed by atoms with Crippen LogP contribution in [0.15, 0.2) is 23.9 Å². The van der Waals surface area contributed by atoms with E-state index in [1.54, 1.807) is 26.5 Å². The summed E-state index contributed by atoms with van der Waals surface area (Å²) >= 11 is 6.26. The van der Waals surface area contributed by atoms with Crippen LogP contribution in [0.3, 0.4) is 0 Å². The van der Waals surface area contributed by atoms with Crippen molar-refractivity contribution in [2.45, 2.75) is 19.4 Å². The molecule has 0 unspecified atom stereocenters. The molecule has 1 aliphatic carbocycles. The highest BCUT2D eigenvalue weighted by molar-refractivity contribution is 6.35. The number of hydrogen-bond acceptors (Lipinski definition) is 8. The second-order valence-electron chi connectivity index (χ2n) is 6.82. The monoisotopic (exact) mass is 401 g/mol. The Labute approximate surface area is 167 Å². The Kier molecular flexibility index (Phi) is 4.80. The number of nitrogens with two attached hydrogens (primary N) is 1. The highest BCUT2D eigenvalue weighted by atomic mass is 35.5. The van der Waals surface area contributed by atoms with Gasteiger partial charge < -0.3 is 20.1 Å². The number of rotatable bonds is 5. The molecule has 2 aromatic rings. The van der Waals surface area contributed by atoms with Gasteiger partial charge in [0.25, 0.3) is 0 Å². The summed E-state index contributed by atoms with van der Waals surface area (Å²) in [4.78, 5) is 27.6. The summed E-state index contributed by atoms with van der Waals surface area (Å²) in [5, 5.41) is 0.0687. The van der Waals surface area contributed by atoms with Crippen molar-refractivity contribution >= 4 is 29.2 Å². The number of allylic oxidation sites excluding steroid dienone is 1. The molecule has 9 heteroatoms. The van der Waals surface area contributed by atoms with Gasteiger partial charge in [0.1, 0.15) is 16.5 Å². The zero-order chi connectivity index (χ0) is 19.8. The van der Waals surface area contributed by atoms with Crippen LogP contribution in [0.2, 0.25) is 5.15 Å². The zero-order valence-electron chi connectivity index (χ0n) is 15.6. The minimum Gasteiger partial charge on any atom is -0.493 e. The van der Waals surface area contributed by atoms with Crippen molar-refractivity contribution < 1.29 is 14.3 Å². The summed E-state index contributed by atoms with van der Waals surface area (Å²) in [5.74, 6) is 1.89. The molecule has 0 saturated heterocycles. The normalized spacial score (nSPS) is 17.6. The zero-order valence-corrected chi connectivity index (χ0v) is 16.4. The first-order valence-corrected chi connectivity index (χ1v) is 9.28. The Balaban J connectivity index is 1.74. The van der Waals surface area contributed by atoms with Gasteiger partial charge in [0.15, 0.2) is 17.3 Å². The van der Waals surface area contributed by atoms with Crippen LogP contribution in [0.1, 0.15) is 28.9 Å². The van der Waals surface area contributed by atoms with Gasteiger partial charge in [0.05, 0.1) is 32.7 Å². The van der Waals surface area contributed by atoms with Crippen LogP contribution in [0, 0.1) is 5.92 Å². The van der Waals surface area contributed by atoms with Crippen LogP contribution >= 0.6 is 11.6 Å². The molecule has 1 fully saturated rings. The third-order valence-electron chi connectivity index (χ3n) is 4.78. The van der Waals surface area contributed by atoms with Crippen LogP contribution in [0.4, 0.5) is 11.8 Å². The van der Waals surface area contributed by atoms with Gasteiger partial charge in [-0.05, 0) is 18.8 Å². The molecule has 2 N–H and O–H groups in total. The van der Waals surface area contributed by atoms with Crippen molar-refractivity contribution in [3.05, 3.63) is 40.3 Å². The van der Waals surface area contributed by atoms with E-state index in [1.165, 1.54) is 0 Å². The minimum atomic E-state index is -0.136. The Hall–Kier alpha value is -2.87. The Bertz CT molecular complexity index is 974. The molecule has 0 atom stereocenters. The molecule has 146 valence electrons. The lowest BCUT2D eigenvalue weighted by Gasteiger charge is -2.31. The number of halogens is 1. The number of nitrogens with zero attached hydrogens (tertiary/aromatic N) is 4. The molecule has 0 spiro atoms. The third-order valence-corrected chi connectivity index (χ3v) is 5.06. The van der Waals surface area contributed by atoms with Gasteiger partial charge in [-0.1, -0.05) is 17.7 Å². The fourth-order valence-corrected chi connectivity index (χ4v) is 3.50. The summed E-state index contributed by atoms with van der Waals surface area (Å²) in [6.45, 7) is 0.806. The third kappa shape index (κ3) is 3.47. The van der Waals surface area contributed by atoms with E-state index in [9.17, 15) is 4.79 Å². The number of fused-ring (bicyclic) bond motifs is 1.